The largest absolute Gasteiger partial charge is 0.299 e. The van der Waals surface area contributed by atoms with Crippen molar-refractivity contribution in [1.29, 1.82) is 0 Å². The second kappa shape index (κ2) is 2.78. The van der Waals surface area contributed by atoms with Crippen LogP contribution in [0.3, 0.4) is 0 Å². The van der Waals surface area contributed by atoms with Crippen LogP contribution < -0.4 is 0 Å². The van der Waals surface area contributed by atoms with Crippen molar-refractivity contribution < 1.29 is 4.79 Å². The molecule has 1 nitrogen and oxygen atoms in total. The van der Waals surface area contributed by atoms with Gasteiger partial charge < -0.3 is 0 Å². The number of rotatable bonds is 2. The Hall–Kier alpha value is -0.330. The molecule has 1 radical (unpaired) electrons. The highest BCUT2D eigenvalue weighted by molar-refractivity contribution is 5.87. The molecular formula is C6H11O. The highest BCUT2D eigenvalue weighted by atomic mass is 16.1. The molecule has 0 heterocycles. The van der Waals surface area contributed by atoms with E-state index in [0.29, 0.717) is 0 Å². The van der Waals surface area contributed by atoms with Crippen molar-refractivity contribution in [3.05, 3.63) is 6.42 Å². The summed E-state index contributed by atoms with van der Waals surface area (Å²) in [5.74, 6) is 0.394. The molecule has 0 aromatic carbocycles. The van der Waals surface area contributed by atoms with E-state index in [1.807, 2.05) is 13.8 Å². The van der Waals surface area contributed by atoms with Gasteiger partial charge in [0.15, 0.2) is 0 Å². The molecular weight excluding hydrogens is 88.1 g/mol. The first-order valence-electron chi connectivity index (χ1n) is 2.51. The Balaban J connectivity index is 3.35. The monoisotopic (exact) mass is 99.1 g/mol. The fourth-order valence-corrected chi connectivity index (χ4v) is 0.333. The molecule has 0 atom stereocenters. The third kappa shape index (κ3) is 2.38. The maximum absolute atomic E-state index is 10.5. The van der Waals surface area contributed by atoms with Crippen LogP contribution in [0.1, 0.15) is 20.8 Å². The second-order valence-electron chi connectivity index (χ2n) is 1.85. The molecule has 0 aliphatic carbocycles. The van der Waals surface area contributed by atoms with Gasteiger partial charge in [-0.3, -0.25) is 4.79 Å². The molecule has 0 fully saturated rings. The van der Waals surface area contributed by atoms with Gasteiger partial charge in [0, 0.05) is 12.3 Å². The molecule has 0 unspecified atom stereocenters. The zero-order chi connectivity index (χ0) is 5.86. The molecule has 0 aromatic rings. The van der Waals surface area contributed by atoms with Gasteiger partial charge in [-0.2, -0.15) is 0 Å². The van der Waals surface area contributed by atoms with Gasteiger partial charge in [0.1, 0.15) is 5.78 Å². The van der Waals surface area contributed by atoms with Gasteiger partial charge in [-0.15, -0.1) is 0 Å². The Bertz CT molecular complexity index is 64.6. The number of carbonyl (C=O) groups is 1. The number of carbonyl (C=O) groups excluding carboxylic acids is 1. The summed E-state index contributed by atoms with van der Waals surface area (Å²) >= 11 is 0. The van der Waals surface area contributed by atoms with E-state index in [1.165, 1.54) is 0 Å². The fraction of sp³-hybridized carbons (Fsp3) is 0.667. The van der Waals surface area contributed by atoms with Crippen molar-refractivity contribution in [1.82, 2.24) is 0 Å². The Labute approximate surface area is 44.7 Å². The van der Waals surface area contributed by atoms with Crippen LogP contribution in [0, 0.1) is 12.3 Å². The molecule has 0 N–H and O–H groups in total. The maximum Gasteiger partial charge on any atom is 0.138 e. The summed E-state index contributed by atoms with van der Waals surface area (Å²) in [6, 6.07) is 0. The Morgan fingerprint density at radius 1 is 1.57 bits per heavy atom. The molecule has 0 aliphatic rings. The molecule has 0 spiro atoms. The van der Waals surface area contributed by atoms with Crippen LogP contribution in [0.4, 0.5) is 0 Å². The second-order valence-corrected chi connectivity index (χ2v) is 1.85. The summed E-state index contributed by atoms with van der Waals surface area (Å²) in [7, 11) is 0. The number of hydrogen-bond acceptors (Lipinski definition) is 1. The van der Waals surface area contributed by atoms with E-state index in [1.54, 1.807) is 13.3 Å². The third-order valence-corrected chi connectivity index (χ3v) is 0.854. The van der Waals surface area contributed by atoms with Crippen molar-refractivity contribution >= 4 is 5.78 Å². The summed E-state index contributed by atoms with van der Waals surface area (Å²) in [6.07, 6.45) is 1.60. The topological polar surface area (TPSA) is 17.1 Å². The first kappa shape index (κ1) is 6.67. The number of ketones is 1. The van der Waals surface area contributed by atoms with E-state index in [-0.39, 0.29) is 11.7 Å². The lowest BCUT2D eigenvalue weighted by Gasteiger charge is -1.95. The highest BCUT2D eigenvalue weighted by Gasteiger charge is 2.01. The first-order valence-corrected chi connectivity index (χ1v) is 2.51. The van der Waals surface area contributed by atoms with Gasteiger partial charge in [-0.1, -0.05) is 20.8 Å². The lowest BCUT2D eigenvalue weighted by atomic mass is 10.1. The normalized spacial score (nSPS) is 9.71. The minimum Gasteiger partial charge on any atom is -0.299 e. The van der Waals surface area contributed by atoms with Gasteiger partial charge in [0.2, 0.25) is 0 Å². The van der Waals surface area contributed by atoms with E-state index in [0.717, 1.165) is 0 Å². The molecule has 0 rings (SSSR count). The molecule has 0 amide bonds. The third-order valence-electron chi connectivity index (χ3n) is 0.854. The van der Waals surface area contributed by atoms with Gasteiger partial charge in [0.25, 0.3) is 0 Å². The minimum atomic E-state index is 0.171. The summed E-state index contributed by atoms with van der Waals surface area (Å²) in [4.78, 5) is 10.5. The molecule has 0 saturated heterocycles. The summed E-state index contributed by atoms with van der Waals surface area (Å²) in [6.45, 7) is 5.55. The van der Waals surface area contributed by atoms with Crippen LogP contribution >= 0.6 is 0 Å². The summed E-state index contributed by atoms with van der Waals surface area (Å²) in [5, 5.41) is 0. The lowest BCUT2D eigenvalue weighted by Crippen LogP contribution is -2.04. The van der Waals surface area contributed by atoms with Crippen LogP contribution in [0.2, 0.25) is 0 Å². The molecule has 0 aromatic heterocycles. The van der Waals surface area contributed by atoms with Crippen LogP contribution in [-0.4, -0.2) is 5.78 Å². The van der Waals surface area contributed by atoms with E-state index in [4.69, 9.17) is 0 Å². The van der Waals surface area contributed by atoms with E-state index < -0.39 is 0 Å². The van der Waals surface area contributed by atoms with Gasteiger partial charge in [-0.25, -0.2) is 0 Å². The van der Waals surface area contributed by atoms with Crippen molar-refractivity contribution in [3.8, 4) is 0 Å². The maximum atomic E-state index is 10.5. The first-order chi connectivity index (χ1) is 3.18. The standard InChI is InChI=1S/C6H11O/c1-4-6(7)5(2)3/h4-5H,1-3H3. The van der Waals surface area contributed by atoms with Crippen LogP contribution in [-0.2, 0) is 4.79 Å². The molecule has 7 heavy (non-hydrogen) atoms. The average molecular weight is 99.2 g/mol. The Morgan fingerprint density at radius 2 is 2.00 bits per heavy atom. The summed E-state index contributed by atoms with van der Waals surface area (Å²) < 4.78 is 0. The van der Waals surface area contributed by atoms with Crippen molar-refractivity contribution in [2.45, 2.75) is 20.8 Å². The lowest BCUT2D eigenvalue weighted by molar-refractivity contribution is -0.118. The van der Waals surface area contributed by atoms with Crippen molar-refractivity contribution in [2.75, 3.05) is 0 Å². The Morgan fingerprint density at radius 3 is 2.00 bits per heavy atom. The van der Waals surface area contributed by atoms with Crippen molar-refractivity contribution in [3.63, 3.8) is 0 Å². The van der Waals surface area contributed by atoms with Gasteiger partial charge in [0.05, 0.1) is 0 Å². The van der Waals surface area contributed by atoms with Crippen LogP contribution in [0.25, 0.3) is 0 Å². The smallest absolute Gasteiger partial charge is 0.138 e. The highest BCUT2D eigenvalue weighted by Crippen LogP contribution is 1.94. The molecule has 41 valence electrons. The van der Waals surface area contributed by atoms with E-state index in [2.05, 4.69) is 0 Å². The zero-order valence-electron chi connectivity index (χ0n) is 5.06. The molecule has 1 heteroatoms. The minimum absolute atomic E-state index is 0.171. The van der Waals surface area contributed by atoms with Crippen LogP contribution in [0.5, 0.6) is 0 Å². The van der Waals surface area contributed by atoms with Crippen molar-refractivity contribution in [2.24, 2.45) is 5.92 Å². The molecule has 0 saturated carbocycles. The van der Waals surface area contributed by atoms with Gasteiger partial charge >= 0.3 is 0 Å². The molecule has 0 aliphatic heterocycles. The predicted molar refractivity (Wildman–Crippen MR) is 29.8 cm³/mol. The number of Topliss-reactive ketones (excluding diaryl/α,β-unsaturated/α-hetero) is 1. The Kier molecular flexibility index (Phi) is 2.65. The van der Waals surface area contributed by atoms with Gasteiger partial charge in [-0.05, 0) is 0 Å². The summed E-state index contributed by atoms with van der Waals surface area (Å²) in [5.41, 5.74) is 0. The predicted octanol–water partition coefficient (Wildman–Crippen LogP) is 1.44. The van der Waals surface area contributed by atoms with E-state index in [9.17, 15) is 4.79 Å². The zero-order valence-corrected chi connectivity index (χ0v) is 5.06. The fourth-order valence-electron chi connectivity index (χ4n) is 0.333. The quantitative estimate of drug-likeness (QED) is 0.512. The molecule has 0 bridgehead atoms. The SMILES string of the molecule is C[CH]C(=O)C(C)C. The van der Waals surface area contributed by atoms with E-state index >= 15 is 0 Å². The number of hydrogen-bond donors (Lipinski definition) is 0. The van der Waals surface area contributed by atoms with Crippen LogP contribution in [0.15, 0.2) is 0 Å². The average Bonchev–Trinajstić information content (AvgIpc) is 1.65.